The maximum atomic E-state index is 15.0. The molecule has 3 heterocycles. The molecule has 0 aromatic carbocycles. The molecule has 2 saturated heterocycles. The van der Waals surface area contributed by atoms with Gasteiger partial charge in [-0.3, -0.25) is 14.4 Å². The summed E-state index contributed by atoms with van der Waals surface area (Å²) in [6, 6.07) is 1.84. The maximum Gasteiger partial charge on any atom is 0.303 e. The number of carbonyl (C=O) groups excluding carboxylic acids is 3. The predicted octanol–water partition coefficient (Wildman–Crippen LogP) is 1.47. The summed E-state index contributed by atoms with van der Waals surface area (Å²) in [5.41, 5.74) is -4.93. The number of aliphatic hydroxyl groups excluding tert-OH is 3. The van der Waals surface area contributed by atoms with E-state index in [0.717, 1.165) is 5.56 Å². The van der Waals surface area contributed by atoms with Crippen molar-refractivity contribution in [3.63, 3.8) is 0 Å². The Kier molecular flexibility index (Phi) is 5.50. The first-order valence-corrected chi connectivity index (χ1v) is 14.5. The van der Waals surface area contributed by atoms with Crippen molar-refractivity contribution in [2.24, 2.45) is 33.5 Å². The quantitative estimate of drug-likeness (QED) is 0.354. The maximum absolute atomic E-state index is 15.0. The van der Waals surface area contributed by atoms with E-state index in [9.17, 15) is 24.9 Å². The van der Waals surface area contributed by atoms with Crippen molar-refractivity contribution < 1.29 is 53.1 Å². The minimum absolute atomic E-state index is 0.0205. The van der Waals surface area contributed by atoms with Crippen LogP contribution < -0.4 is 0 Å². The van der Waals surface area contributed by atoms with Crippen molar-refractivity contribution in [1.82, 2.24) is 0 Å². The Bertz CT molecular complexity index is 1310. The average molecular weight is 575 g/mol. The zero-order valence-electron chi connectivity index (χ0n) is 23.9. The molecule has 0 amide bonds. The van der Waals surface area contributed by atoms with E-state index >= 15 is 4.79 Å². The van der Waals surface area contributed by atoms with Gasteiger partial charge in [-0.25, -0.2) is 0 Å². The zero-order chi connectivity index (χ0) is 29.5. The Balaban J connectivity index is 1.44. The van der Waals surface area contributed by atoms with Crippen LogP contribution in [0.15, 0.2) is 23.0 Å². The largest absolute Gasteiger partial charge is 0.472 e. The van der Waals surface area contributed by atoms with Crippen molar-refractivity contribution in [3.05, 3.63) is 24.2 Å². The highest BCUT2D eigenvalue weighted by Crippen LogP contribution is 2.82. The molecule has 6 fully saturated rings. The zero-order valence-corrected chi connectivity index (χ0v) is 23.9. The van der Waals surface area contributed by atoms with E-state index in [1.807, 2.05) is 19.9 Å². The first-order chi connectivity index (χ1) is 19.2. The third kappa shape index (κ3) is 2.85. The van der Waals surface area contributed by atoms with Crippen molar-refractivity contribution in [2.45, 2.75) is 102 Å². The molecule has 2 bridgehead atoms. The summed E-state index contributed by atoms with van der Waals surface area (Å²) in [6.45, 7) is 7.85. The third-order valence-electron chi connectivity index (χ3n) is 12.6. The number of furan rings is 1. The number of esters is 2. The summed E-state index contributed by atoms with van der Waals surface area (Å²) >= 11 is 0. The van der Waals surface area contributed by atoms with Crippen LogP contribution in [-0.2, 0) is 33.3 Å². The molecule has 1 aromatic heterocycles. The summed E-state index contributed by atoms with van der Waals surface area (Å²) in [5, 5.41) is 35.4. The fourth-order valence-corrected chi connectivity index (χ4v) is 11.0. The topological polar surface area (TPSA) is 165 Å². The van der Waals surface area contributed by atoms with Crippen molar-refractivity contribution in [3.8, 4) is 0 Å². The van der Waals surface area contributed by atoms with Crippen LogP contribution in [0.3, 0.4) is 0 Å². The number of aliphatic hydroxyl groups is 3. The number of epoxide rings is 1. The van der Waals surface area contributed by atoms with Crippen LogP contribution in [0.4, 0.5) is 0 Å². The van der Waals surface area contributed by atoms with Gasteiger partial charge in [-0.1, -0.05) is 20.8 Å². The van der Waals surface area contributed by atoms with Crippen molar-refractivity contribution in [2.75, 3.05) is 6.61 Å². The summed E-state index contributed by atoms with van der Waals surface area (Å²) < 4.78 is 29.5. The van der Waals surface area contributed by atoms with Crippen LogP contribution in [0.25, 0.3) is 0 Å². The number of ether oxygens (including phenoxy) is 4. The van der Waals surface area contributed by atoms with Crippen LogP contribution in [-0.4, -0.2) is 82.1 Å². The molecule has 3 N–H and O–H groups in total. The van der Waals surface area contributed by atoms with Crippen LogP contribution in [0.2, 0.25) is 0 Å². The lowest BCUT2D eigenvalue weighted by Crippen LogP contribution is -2.82. The number of hydrogen-bond donors (Lipinski definition) is 3. The van der Waals surface area contributed by atoms with Gasteiger partial charge >= 0.3 is 11.9 Å². The van der Waals surface area contributed by atoms with Gasteiger partial charge in [-0.15, -0.1) is 0 Å². The molecule has 4 aliphatic carbocycles. The average Bonchev–Trinajstić information content (AvgIpc) is 3.26. The van der Waals surface area contributed by atoms with E-state index in [-0.39, 0.29) is 31.5 Å². The fraction of sp³-hybridized carbons (Fsp3) is 0.767. The monoisotopic (exact) mass is 574 g/mol. The first-order valence-electron chi connectivity index (χ1n) is 14.5. The van der Waals surface area contributed by atoms with Gasteiger partial charge in [0.2, 0.25) is 0 Å². The van der Waals surface area contributed by atoms with Gasteiger partial charge in [-0.05, 0) is 30.4 Å². The van der Waals surface area contributed by atoms with Crippen molar-refractivity contribution >= 4 is 17.7 Å². The molecule has 0 unspecified atom stereocenters. The standard InChI is InChI=1S/C30H38O11/c1-13(31)39-20-10-19(34)29-12-38-25(36)26(20,3)17(29)9-18(33)28(5)23(29)22(35)24(40-14(2)32)27(4)16(15-6-7-37-11-15)8-21-30(27,28)41-21/h6-7,11,16-21,23-25,33-34,36H,8-10,12H2,1-5H3/t16-,17-,18-,19-,20+,21+,23-,24-,25+,26+,27+,28+,29+,30+/m0/s1. The van der Waals surface area contributed by atoms with E-state index in [0.29, 0.717) is 6.42 Å². The lowest BCUT2D eigenvalue weighted by atomic mass is 9.33. The third-order valence-corrected chi connectivity index (χ3v) is 12.6. The molecule has 11 nitrogen and oxygen atoms in total. The Labute approximate surface area is 237 Å². The normalized spacial score (nSPS) is 54.7. The van der Waals surface area contributed by atoms with Gasteiger partial charge < -0.3 is 38.7 Å². The minimum Gasteiger partial charge on any atom is -0.472 e. The second-order valence-corrected chi connectivity index (χ2v) is 13.9. The molecule has 7 rings (SSSR count). The van der Waals surface area contributed by atoms with Gasteiger partial charge in [0.1, 0.15) is 11.7 Å². The van der Waals surface area contributed by atoms with Gasteiger partial charge in [0, 0.05) is 42.9 Å². The highest BCUT2D eigenvalue weighted by Gasteiger charge is 2.92. The molecule has 0 radical (unpaired) electrons. The number of hydrogen-bond acceptors (Lipinski definition) is 11. The van der Waals surface area contributed by atoms with Crippen LogP contribution in [0.1, 0.15) is 65.4 Å². The van der Waals surface area contributed by atoms with Gasteiger partial charge in [0.05, 0.1) is 48.3 Å². The molecule has 1 aromatic rings. The van der Waals surface area contributed by atoms with E-state index in [1.54, 1.807) is 19.5 Å². The summed E-state index contributed by atoms with van der Waals surface area (Å²) in [4.78, 5) is 39.7. The number of fused-ring (bicyclic) bond motifs is 1. The predicted molar refractivity (Wildman–Crippen MR) is 137 cm³/mol. The SMILES string of the molecule is CC(=O)O[C@@H]1C[C@H](O)[C@@]23CO[C@@H](O)[C@]1(C)[C@@H]2C[C@H](O)[C@]1(C)[C@@H]3C(=O)[C@H](OC(C)=O)[C@@]2(C)[C@H](c3ccoc3)C[C@H]3O[C@@]312. The molecule has 41 heavy (non-hydrogen) atoms. The van der Waals surface area contributed by atoms with Crippen LogP contribution >= 0.6 is 0 Å². The molecule has 6 aliphatic rings. The highest BCUT2D eigenvalue weighted by molar-refractivity contribution is 5.93. The Morgan fingerprint density at radius 1 is 0.976 bits per heavy atom. The smallest absolute Gasteiger partial charge is 0.303 e. The molecular weight excluding hydrogens is 536 g/mol. The highest BCUT2D eigenvalue weighted by atomic mass is 16.6. The van der Waals surface area contributed by atoms with Crippen molar-refractivity contribution in [1.29, 1.82) is 0 Å². The molecule has 224 valence electrons. The number of carbonyl (C=O) groups is 3. The van der Waals surface area contributed by atoms with E-state index in [1.165, 1.54) is 13.8 Å². The van der Waals surface area contributed by atoms with Crippen LogP contribution in [0.5, 0.6) is 0 Å². The molecule has 1 spiro atoms. The fourth-order valence-electron chi connectivity index (χ4n) is 11.0. The van der Waals surface area contributed by atoms with Crippen LogP contribution in [0, 0.1) is 33.5 Å². The second-order valence-electron chi connectivity index (χ2n) is 13.9. The Morgan fingerprint density at radius 2 is 1.68 bits per heavy atom. The van der Waals surface area contributed by atoms with Gasteiger partial charge in [0.15, 0.2) is 18.2 Å². The number of rotatable bonds is 3. The number of ketones is 1. The molecule has 11 heteroatoms. The molecule has 4 saturated carbocycles. The van der Waals surface area contributed by atoms with E-state index < -0.39 is 87.5 Å². The lowest BCUT2D eigenvalue weighted by molar-refractivity contribution is -0.373. The summed E-state index contributed by atoms with van der Waals surface area (Å²) in [6.07, 6.45) is -2.27. The van der Waals surface area contributed by atoms with Gasteiger partial charge in [0.25, 0.3) is 0 Å². The first kappa shape index (κ1) is 27.5. The minimum atomic E-state index is -1.36. The van der Waals surface area contributed by atoms with Gasteiger partial charge in [-0.2, -0.15) is 0 Å². The lowest BCUT2D eigenvalue weighted by Gasteiger charge is -2.73. The molecule has 14 atom stereocenters. The Morgan fingerprint density at radius 3 is 2.32 bits per heavy atom. The van der Waals surface area contributed by atoms with E-state index in [4.69, 9.17) is 23.4 Å². The summed E-state index contributed by atoms with van der Waals surface area (Å²) in [7, 11) is 0. The second kappa shape index (κ2) is 8.19. The summed E-state index contributed by atoms with van der Waals surface area (Å²) in [5.74, 6) is -3.56. The Hall–Kier alpha value is -2.31. The molecular formula is C30H38O11. The molecule has 2 aliphatic heterocycles. The van der Waals surface area contributed by atoms with E-state index in [2.05, 4.69) is 0 Å². The number of Topliss-reactive ketones (excluding diaryl/α,β-unsaturated/α-hetero) is 1.